The van der Waals surface area contributed by atoms with Crippen LogP contribution in [0, 0.1) is 5.41 Å². The highest BCUT2D eigenvalue weighted by atomic mass is 35.5. The molecule has 0 amide bonds. The number of nitrogens with one attached hydrogen (secondary N) is 1. The maximum Gasteiger partial charge on any atom is 0.158 e. The van der Waals surface area contributed by atoms with Crippen LogP contribution in [0.2, 0.25) is 10.2 Å². The lowest BCUT2D eigenvalue weighted by Crippen LogP contribution is -2.55. The van der Waals surface area contributed by atoms with Crippen molar-refractivity contribution in [3.8, 4) is 22.6 Å². The van der Waals surface area contributed by atoms with Gasteiger partial charge in [0, 0.05) is 72.2 Å². The van der Waals surface area contributed by atoms with E-state index >= 15 is 0 Å². The minimum absolute atomic E-state index is 0.212. The number of rotatable bonds is 10. The number of ether oxygens (including phenoxy) is 2. The lowest BCUT2D eigenvalue weighted by atomic mass is 9.75. The minimum atomic E-state index is 0.212. The molecule has 9 nitrogen and oxygen atoms in total. The molecule has 1 saturated carbocycles. The van der Waals surface area contributed by atoms with Gasteiger partial charge in [-0.1, -0.05) is 55.2 Å². The van der Waals surface area contributed by atoms with Crippen LogP contribution in [-0.2, 0) is 6.54 Å². The molecule has 0 radical (unpaired) electrons. The van der Waals surface area contributed by atoms with E-state index < -0.39 is 0 Å². The van der Waals surface area contributed by atoms with Gasteiger partial charge >= 0.3 is 0 Å². The van der Waals surface area contributed by atoms with Gasteiger partial charge in [-0.3, -0.25) is 4.90 Å². The van der Waals surface area contributed by atoms with Crippen molar-refractivity contribution in [3.05, 3.63) is 76.7 Å². The quantitative estimate of drug-likeness (QED) is 0.155. The number of aromatic nitrogens is 2. The van der Waals surface area contributed by atoms with Crippen LogP contribution in [0.4, 0.5) is 28.6 Å². The van der Waals surface area contributed by atoms with Gasteiger partial charge in [0.05, 0.1) is 25.6 Å². The summed E-state index contributed by atoms with van der Waals surface area (Å²) in [5.41, 5.74) is 13.0. The topological polar surface area (TPSA) is 92.0 Å². The SMILES string of the molecule is COc1cc(OC)cc(N(Cc2ccc(-c3ccc(N4C[C@H](C)N(C)[C@@H](C)C4)c(Nc4ncnc(Cl)c4N)c3)c(Cl)c2)C2CCC(C)(C)CC2)c1. The Morgan fingerprint density at radius 2 is 1.59 bits per heavy atom. The Kier molecular flexibility index (Phi) is 11.1. The molecule has 0 bridgehead atoms. The van der Waals surface area contributed by atoms with Crippen LogP contribution >= 0.6 is 23.2 Å². The van der Waals surface area contributed by atoms with Gasteiger partial charge < -0.3 is 30.3 Å². The zero-order chi connectivity index (χ0) is 36.4. The first-order valence-electron chi connectivity index (χ1n) is 17.8. The molecule has 1 aliphatic heterocycles. The van der Waals surface area contributed by atoms with E-state index in [4.69, 9.17) is 38.4 Å². The minimum Gasteiger partial charge on any atom is -0.497 e. The third-order valence-electron chi connectivity index (χ3n) is 10.9. The van der Waals surface area contributed by atoms with Crippen molar-refractivity contribution in [1.82, 2.24) is 14.9 Å². The van der Waals surface area contributed by atoms with E-state index in [-0.39, 0.29) is 5.15 Å². The molecule has 4 aromatic rings. The zero-order valence-corrected chi connectivity index (χ0v) is 32.4. The Hall–Kier alpha value is -3.92. The van der Waals surface area contributed by atoms with Crippen LogP contribution in [0.3, 0.4) is 0 Å². The van der Waals surface area contributed by atoms with Gasteiger partial charge in [-0.25, -0.2) is 9.97 Å². The Morgan fingerprint density at radius 3 is 2.22 bits per heavy atom. The molecular formula is C40H51Cl2N7O2. The molecule has 0 unspecified atom stereocenters. The van der Waals surface area contributed by atoms with Crippen molar-refractivity contribution in [2.45, 2.75) is 78.0 Å². The highest BCUT2D eigenvalue weighted by Crippen LogP contribution is 2.42. The molecule has 1 aromatic heterocycles. The lowest BCUT2D eigenvalue weighted by molar-refractivity contribution is 0.170. The van der Waals surface area contributed by atoms with E-state index in [0.717, 1.165) is 71.2 Å². The third-order valence-corrected chi connectivity index (χ3v) is 11.5. The Labute approximate surface area is 313 Å². The van der Waals surface area contributed by atoms with E-state index in [1.54, 1.807) is 14.2 Å². The van der Waals surface area contributed by atoms with Crippen LogP contribution in [-0.4, -0.2) is 67.4 Å². The molecule has 6 rings (SSSR count). The fraction of sp³-hybridized carbons (Fsp3) is 0.450. The second-order valence-corrected chi connectivity index (χ2v) is 15.7. The number of anilines is 5. The number of nitrogens with two attached hydrogens (primary N) is 1. The lowest BCUT2D eigenvalue weighted by Gasteiger charge is -2.44. The third kappa shape index (κ3) is 8.27. The van der Waals surface area contributed by atoms with Crippen LogP contribution in [0.5, 0.6) is 11.5 Å². The van der Waals surface area contributed by atoms with E-state index in [2.05, 4.69) is 113 Å². The summed E-state index contributed by atoms with van der Waals surface area (Å²) < 4.78 is 11.3. The normalized spacial score (nSPS) is 19.5. The van der Waals surface area contributed by atoms with Gasteiger partial charge in [0.15, 0.2) is 11.0 Å². The number of methoxy groups -OCH3 is 2. The molecule has 11 heteroatoms. The zero-order valence-electron chi connectivity index (χ0n) is 30.8. The molecule has 3 aromatic carbocycles. The number of likely N-dealkylation sites (N-methyl/N-ethyl adjacent to an activating group) is 1. The smallest absolute Gasteiger partial charge is 0.158 e. The van der Waals surface area contributed by atoms with E-state index in [0.29, 0.717) is 46.6 Å². The molecule has 51 heavy (non-hydrogen) atoms. The first-order chi connectivity index (χ1) is 24.3. The highest BCUT2D eigenvalue weighted by Gasteiger charge is 2.31. The van der Waals surface area contributed by atoms with Crippen LogP contribution in [0.25, 0.3) is 11.1 Å². The average Bonchev–Trinajstić information content (AvgIpc) is 3.11. The summed E-state index contributed by atoms with van der Waals surface area (Å²) in [4.78, 5) is 15.8. The van der Waals surface area contributed by atoms with Crippen molar-refractivity contribution >= 4 is 51.8 Å². The van der Waals surface area contributed by atoms with Gasteiger partial charge in [0.1, 0.15) is 23.5 Å². The standard InChI is InChI=1S/C40H51Cl2N7O2/c1-25-21-48(22-26(2)47(25)5)36-11-9-28(17-35(36)46-39-37(43)38(42)44-24-45-39)33-10-8-27(16-34(33)41)23-49(29-12-14-40(3,4)15-13-29)30-18-31(50-6)20-32(19-30)51-7/h8-11,16-20,24-26,29H,12-15,21-23,43H2,1-7H3,(H,44,45,46)/t25-,26-/m0/s1. The molecule has 2 aliphatic rings. The largest absolute Gasteiger partial charge is 0.497 e. The van der Waals surface area contributed by atoms with Crippen molar-refractivity contribution in [3.63, 3.8) is 0 Å². The number of benzene rings is 3. The molecule has 2 atom stereocenters. The molecule has 0 spiro atoms. The summed E-state index contributed by atoms with van der Waals surface area (Å²) in [6.45, 7) is 11.7. The number of hydrogen-bond acceptors (Lipinski definition) is 9. The summed E-state index contributed by atoms with van der Waals surface area (Å²) in [6.07, 6.45) is 6.01. The summed E-state index contributed by atoms with van der Waals surface area (Å²) in [7, 11) is 5.58. The molecule has 3 N–H and O–H groups in total. The molecule has 2 heterocycles. The second-order valence-electron chi connectivity index (χ2n) is 15.0. The predicted octanol–water partition coefficient (Wildman–Crippen LogP) is 9.30. The summed E-state index contributed by atoms with van der Waals surface area (Å²) in [5.74, 6) is 2.02. The fourth-order valence-corrected chi connectivity index (χ4v) is 7.90. The van der Waals surface area contributed by atoms with E-state index in [1.165, 1.54) is 19.2 Å². The maximum absolute atomic E-state index is 7.16. The molecule has 1 aliphatic carbocycles. The van der Waals surface area contributed by atoms with Crippen molar-refractivity contribution in [2.24, 2.45) is 5.41 Å². The summed E-state index contributed by atoms with van der Waals surface area (Å²) >= 11 is 13.4. The molecule has 2 fully saturated rings. The van der Waals surface area contributed by atoms with Crippen LogP contribution < -0.4 is 30.3 Å². The van der Waals surface area contributed by atoms with Gasteiger partial charge in [-0.15, -0.1) is 0 Å². The van der Waals surface area contributed by atoms with Crippen LogP contribution in [0.1, 0.15) is 58.9 Å². The Bertz CT molecular complexity index is 1810. The number of piperazine rings is 1. The van der Waals surface area contributed by atoms with Gasteiger partial charge in [0.25, 0.3) is 0 Å². The van der Waals surface area contributed by atoms with Crippen LogP contribution in [0.15, 0.2) is 60.9 Å². The fourth-order valence-electron chi connectivity index (χ4n) is 7.45. The van der Waals surface area contributed by atoms with E-state index in [1.807, 2.05) is 6.07 Å². The van der Waals surface area contributed by atoms with E-state index in [9.17, 15) is 0 Å². The highest BCUT2D eigenvalue weighted by molar-refractivity contribution is 6.33. The monoisotopic (exact) mass is 731 g/mol. The van der Waals surface area contributed by atoms with Gasteiger partial charge in [-0.05, 0) is 81.3 Å². The maximum atomic E-state index is 7.16. The van der Waals surface area contributed by atoms with Gasteiger partial charge in [0.2, 0.25) is 0 Å². The van der Waals surface area contributed by atoms with Crippen molar-refractivity contribution in [2.75, 3.05) is 55.2 Å². The number of nitrogen functional groups attached to an aromatic ring is 1. The molecule has 272 valence electrons. The second kappa shape index (κ2) is 15.4. The predicted molar refractivity (Wildman–Crippen MR) is 212 cm³/mol. The molecular weight excluding hydrogens is 681 g/mol. The number of hydrogen-bond donors (Lipinski definition) is 2. The number of halogens is 2. The Morgan fingerprint density at radius 1 is 0.922 bits per heavy atom. The Balaban J connectivity index is 1.33. The first kappa shape index (κ1) is 36.9. The van der Waals surface area contributed by atoms with Crippen molar-refractivity contribution < 1.29 is 9.47 Å². The average molecular weight is 733 g/mol. The number of nitrogens with zero attached hydrogens (tertiary/aromatic N) is 5. The molecule has 1 saturated heterocycles. The first-order valence-corrected chi connectivity index (χ1v) is 18.5. The summed E-state index contributed by atoms with van der Waals surface area (Å²) in [6, 6.07) is 20.1. The summed E-state index contributed by atoms with van der Waals surface area (Å²) in [5, 5.41) is 4.38. The van der Waals surface area contributed by atoms with Gasteiger partial charge in [-0.2, -0.15) is 0 Å². The van der Waals surface area contributed by atoms with Crippen molar-refractivity contribution in [1.29, 1.82) is 0 Å².